The lowest BCUT2D eigenvalue weighted by Crippen LogP contribution is -2.47. The molecule has 20 heavy (non-hydrogen) atoms. The lowest BCUT2D eigenvalue weighted by Gasteiger charge is -2.23. The Bertz CT molecular complexity index is 360. The number of carbonyl (C=O) groups excluding carboxylic acids is 2. The van der Waals surface area contributed by atoms with Crippen LogP contribution >= 0.6 is 0 Å². The molecule has 1 heterocycles. The second-order valence-corrected chi connectivity index (χ2v) is 4.28. The highest BCUT2D eigenvalue weighted by atomic mass is 16.5. The maximum atomic E-state index is 11.9. The SMILES string of the molecule is CCOC(=O)C1CCCN1C(=O)NCCOCC(=O)O. The molecule has 0 aromatic carbocycles. The van der Waals surface area contributed by atoms with Crippen molar-refractivity contribution < 1.29 is 29.0 Å². The van der Waals surface area contributed by atoms with Crippen LogP contribution in [0.4, 0.5) is 4.79 Å². The average Bonchev–Trinajstić information content (AvgIpc) is 2.87. The third kappa shape index (κ3) is 5.04. The molecule has 1 rings (SSSR count). The van der Waals surface area contributed by atoms with Crippen molar-refractivity contribution in [1.82, 2.24) is 10.2 Å². The van der Waals surface area contributed by atoms with Gasteiger partial charge in [-0.05, 0) is 19.8 Å². The Morgan fingerprint density at radius 3 is 2.80 bits per heavy atom. The normalized spacial score (nSPS) is 17.9. The molecule has 1 aliphatic rings. The molecule has 0 aromatic rings. The van der Waals surface area contributed by atoms with E-state index in [0.717, 1.165) is 6.42 Å². The molecule has 0 saturated carbocycles. The number of urea groups is 1. The molecule has 114 valence electrons. The monoisotopic (exact) mass is 288 g/mol. The highest BCUT2D eigenvalue weighted by molar-refractivity contribution is 5.84. The van der Waals surface area contributed by atoms with E-state index in [1.165, 1.54) is 4.90 Å². The summed E-state index contributed by atoms with van der Waals surface area (Å²) in [5.74, 6) is -1.44. The van der Waals surface area contributed by atoms with Crippen molar-refractivity contribution in [1.29, 1.82) is 0 Å². The summed E-state index contributed by atoms with van der Waals surface area (Å²) >= 11 is 0. The molecule has 1 fully saturated rings. The fourth-order valence-electron chi connectivity index (χ4n) is 1.98. The average molecular weight is 288 g/mol. The Morgan fingerprint density at radius 2 is 2.15 bits per heavy atom. The van der Waals surface area contributed by atoms with Gasteiger partial charge in [0.25, 0.3) is 0 Å². The number of hydrogen-bond acceptors (Lipinski definition) is 5. The summed E-state index contributed by atoms with van der Waals surface area (Å²) in [5, 5.41) is 11.0. The molecular weight excluding hydrogens is 268 g/mol. The van der Waals surface area contributed by atoms with Crippen molar-refractivity contribution in [2.24, 2.45) is 0 Å². The summed E-state index contributed by atoms with van der Waals surface area (Å²) in [4.78, 5) is 35.2. The van der Waals surface area contributed by atoms with E-state index in [0.29, 0.717) is 13.0 Å². The fourth-order valence-corrected chi connectivity index (χ4v) is 1.98. The molecule has 8 heteroatoms. The van der Waals surface area contributed by atoms with Gasteiger partial charge in [-0.25, -0.2) is 14.4 Å². The molecule has 0 bridgehead atoms. The lowest BCUT2D eigenvalue weighted by atomic mass is 10.2. The van der Waals surface area contributed by atoms with Crippen LogP contribution in [0.1, 0.15) is 19.8 Å². The van der Waals surface area contributed by atoms with Gasteiger partial charge in [-0.3, -0.25) is 0 Å². The van der Waals surface area contributed by atoms with Gasteiger partial charge in [0.15, 0.2) is 0 Å². The van der Waals surface area contributed by atoms with Crippen LogP contribution in [0.3, 0.4) is 0 Å². The Kier molecular flexibility index (Phi) is 6.78. The summed E-state index contributed by atoms with van der Waals surface area (Å²) in [7, 11) is 0. The molecule has 1 atom stereocenters. The summed E-state index contributed by atoms with van der Waals surface area (Å²) in [6, 6.07) is -0.894. The molecule has 1 aliphatic heterocycles. The molecule has 0 aromatic heterocycles. The number of hydrogen-bond donors (Lipinski definition) is 2. The van der Waals surface area contributed by atoms with Gasteiger partial charge in [0.05, 0.1) is 13.2 Å². The predicted octanol–water partition coefficient (Wildman–Crippen LogP) is -0.175. The van der Waals surface area contributed by atoms with Gasteiger partial charge in [-0.15, -0.1) is 0 Å². The van der Waals surface area contributed by atoms with Crippen LogP contribution in [-0.4, -0.2) is 66.9 Å². The quantitative estimate of drug-likeness (QED) is 0.497. The van der Waals surface area contributed by atoms with Gasteiger partial charge in [-0.2, -0.15) is 0 Å². The van der Waals surface area contributed by atoms with Gasteiger partial charge in [-0.1, -0.05) is 0 Å². The molecule has 2 N–H and O–H groups in total. The number of likely N-dealkylation sites (tertiary alicyclic amines) is 1. The number of nitrogens with zero attached hydrogens (tertiary/aromatic N) is 1. The molecule has 8 nitrogen and oxygen atoms in total. The van der Waals surface area contributed by atoms with E-state index in [4.69, 9.17) is 14.6 Å². The zero-order valence-corrected chi connectivity index (χ0v) is 11.5. The largest absolute Gasteiger partial charge is 0.480 e. The summed E-state index contributed by atoms with van der Waals surface area (Å²) in [6.07, 6.45) is 1.36. The van der Waals surface area contributed by atoms with Gasteiger partial charge < -0.3 is 24.8 Å². The summed E-state index contributed by atoms with van der Waals surface area (Å²) in [6.45, 7) is 2.41. The number of rotatable bonds is 7. The molecular formula is C12H20N2O6. The number of nitrogens with one attached hydrogen (secondary N) is 1. The topological polar surface area (TPSA) is 105 Å². The van der Waals surface area contributed by atoms with E-state index in [9.17, 15) is 14.4 Å². The third-order valence-electron chi connectivity index (χ3n) is 2.82. The molecule has 0 radical (unpaired) electrons. The maximum Gasteiger partial charge on any atom is 0.329 e. The first kappa shape index (κ1) is 16.2. The minimum Gasteiger partial charge on any atom is -0.480 e. The number of ether oxygens (including phenoxy) is 2. The van der Waals surface area contributed by atoms with Crippen LogP contribution in [-0.2, 0) is 19.1 Å². The second-order valence-electron chi connectivity index (χ2n) is 4.28. The summed E-state index contributed by atoms with van der Waals surface area (Å²) in [5.41, 5.74) is 0. The van der Waals surface area contributed by atoms with Crippen LogP contribution < -0.4 is 5.32 Å². The van der Waals surface area contributed by atoms with E-state index >= 15 is 0 Å². The Hall–Kier alpha value is -1.83. The minimum atomic E-state index is -1.06. The smallest absolute Gasteiger partial charge is 0.329 e. The number of carbonyl (C=O) groups is 3. The lowest BCUT2D eigenvalue weighted by molar-refractivity contribution is -0.147. The Balaban J connectivity index is 2.30. The van der Waals surface area contributed by atoms with Crippen molar-refractivity contribution >= 4 is 18.0 Å². The second kappa shape index (κ2) is 8.36. The highest BCUT2D eigenvalue weighted by Crippen LogP contribution is 2.18. The molecule has 1 saturated heterocycles. The summed E-state index contributed by atoms with van der Waals surface area (Å²) < 4.78 is 9.72. The standard InChI is InChI=1S/C12H20N2O6/c1-2-20-11(17)9-4-3-6-14(9)12(18)13-5-7-19-8-10(15)16/h9H,2-8H2,1H3,(H,13,18)(H,15,16). The van der Waals surface area contributed by atoms with Gasteiger partial charge >= 0.3 is 18.0 Å². The Labute approximate surface area is 117 Å². The number of carboxylic acid groups (broad SMARTS) is 1. The van der Waals surface area contributed by atoms with Crippen LogP contribution in [0.2, 0.25) is 0 Å². The van der Waals surface area contributed by atoms with E-state index in [2.05, 4.69) is 5.32 Å². The van der Waals surface area contributed by atoms with Crippen LogP contribution in [0.5, 0.6) is 0 Å². The number of esters is 1. The first-order valence-electron chi connectivity index (χ1n) is 6.57. The number of carboxylic acids is 1. The molecule has 0 aliphatic carbocycles. The van der Waals surface area contributed by atoms with Crippen molar-refractivity contribution in [3.63, 3.8) is 0 Å². The van der Waals surface area contributed by atoms with E-state index in [1.54, 1.807) is 6.92 Å². The molecule has 0 spiro atoms. The van der Waals surface area contributed by atoms with Crippen molar-refractivity contribution in [3.8, 4) is 0 Å². The van der Waals surface area contributed by atoms with Gasteiger partial charge in [0.1, 0.15) is 12.6 Å². The number of amides is 2. The fraction of sp³-hybridized carbons (Fsp3) is 0.750. The van der Waals surface area contributed by atoms with Gasteiger partial charge in [0.2, 0.25) is 0 Å². The molecule has 1 unspecified atom stereocenters. The highest BCUT2D eigenvalue weighted by Gasteiger charge is 2.34. The first-order chi connectivity index (χ1) is 9.56. The van der Waals surface area contributed by atoms with Crippen molar-refractivity contribution in [2.45, 2.75) is 25.8 Å². The maximum absolute atomic E-state index is 11.9. The zero-order chi connectivity index (χ0) is 15.0. The predicted molar refractivity (Wildman–Crippen MR) is 68.2 cm³/mol. The van der Waals surface area contributed by atoms with E-state index in [1.807, 2.05) is 0 Å². The van der Waals surface area contributed by atoms with Crippen LogP contribution in [0.25, 0.3) is 0 Å². The van der Waals surface area contributed by atoms with E-state index in [-0.39, 0.29) is 31.8 Å². The minimum absolute atomic E-state index is 0.107. The van der Waals surface area contributed by atoms with E-state index < -0.39 is 18.6 Å². The number of aliphatic carboxylic acids is 1. The molecule has 2 amide bonds. The van der Waals surface area contributed by atoms with Crippen LogP contribution in [0.15, 0.2) is 0 Å². The zero-order valence-electron chi connectivity index (χ0n) is 11.5. The van der Waals surface area contributed by atoms with Crippen molar-refractivity contribution in [3.05, 3.63) is 0 Å². The Morgan fingerprint density at radius 1 is 1.40 bits per heavy atom. The van der Waals surface area contributed by atoms with Gasteiger partial charge in [0, 0.05) is 13.1 Å². The third-order valence-corrected chi connectivity index (χ3v) is 2.82. The first-order valence-corrected chi connectivity index (χ1v) is 6.57. The van der Waals surface area contributed by atoms with Crippen molar-refractivity contribution in [2.75, 3.05) is 32.9 Å². The van der Waals surface area contributed by atoms with Crippen LogP contribution in [0, 0.1) is 0 Å².